The van der Waals surface area contributed by atoms with Crippen LogP contribution in [0.25, 0.3) is 16.9 Å². The molecule has 0 unspecified atom stereocenters. The van der Waals surface area contributed by atoms with E-state index in [2.05, 4.69) is 32.3 Å². The molecule has 4 aromatic rings. The van der Waals surface area contributed by atoms with E-state index in [4.69, 9.17) is 16.3 Å². The van der Waals surface area contributed by atoms with Gasteiger partial charge in [0.1, 0.15) is 23.6 Å². The molecule has 0 aliphatic carbocycles. The van der Waals surface area contributed by atoms with Gasteiger partial charge in [-0.1, -0.05) is 18.5 Å². The number of alkyl halides is 2. The Morgan fingerprint density at radius 2 is 1.98 bits per heavy atom. The third-order valence-corrected chi connectivity index (χ3v) is 7.84. The molecule has 1 aromatic carbocycles. The number of fused-ring (bicyclic) bond motifs is 2. The Labute approximate surface area is 238 Å². The molecule has 3 aromatic heterocycles. The van der Waals surface area contributed by atoms with E-state index in [9.17, 15) is 18.4 Å². The first-order valence-corrected chi connectivity index (χ1v) is 13.6. The van der Waals surface area contributed by atoms with Gasteiger partial charge >= 0.3 is 6.61 Å². The van der Waals surface area contributed by atoms with E-state index < -0.39 is 12.5 Å². The zero-order valence-electron chi connectivity index (χ0n) is 22.1. The molecule has 2 aliphatic heterocycles. The van der Waals surface area contributed by atoms with Crippen molar-refractivity contribution in [2.45, 2.75) is 20.1 Å². The minimum atomic E-state index is -3.10. The molecule has 2 aliphatic rings. The van der Waals surface area contributed by atoms with Gasteiger partial charge in [-0.2, -0.15) is 19.0 Å². The van der Waals surface area contributed by atoms with Crippen LogP contribution in [-0.2, 0) is 11.3 Å². The molecule has 0 spiro atoms. The Hall–Kier alpha value is -4.10. The maximum Gasteiger partial charge on any atom is 0.387 e. The first kappa shape index (κ1) is 27.1. The Kier molecular flexibility index (Phi) is 7.30. The second-order valence-electron chi connectivity index (χ2n) is 10.2. The number of rotatable bonds is 8. The van der Waals surface area contributed by atoms with Crippen molar-refractivity contribution in [2.24, 2.45) is 11.8 Å². The van der Waals surface area contributed by atoms with Gasteiger partial charge in [-0.25, -0.2) is 9.50 Å². The van der Waals surface area contributed by atoms with E-state index in [1.807, 2.05) is 4.90 Å². The smallest absolute Gasteiger partial charge is 0.387 e. The Bertz CT molecular complexity index is 1590. The highest BCUT2D eigenvalue weighted by molar-refractivity contribution is 6.31. The maximum absolute atomic E-state index is 13.3. The van der Waals surface area contributed by atoms with Gasteiger partial charge in [0.05, 0.1) is 11.9 Å². The number of hydrogen-bond donors (Lipinski definition) is 1. The molecule has 2 fully saturated rings. The molecule has 2 atom stereocenters. The number of nitrogens with zero attached hydrogens (tertiary/aromatic N) is 7. The van der Waals surface area contributed by atoms with Crippen molar-refractivity contribution >= 4 is 34.7 Å². The standard InChI is InChI=1S/C27H27ClF2N8O3/c1-2-35-10-16-12-36(13-17(16)11-35)23(39)15-37-14-21(33-26(40)20-9-32-38-7-3-6-31-25(20)38)24(34-37)19-8-18(28)4-5-22(19)41-27(29)30/h3-9,14,16-17,27H,2,10-13,15H2,1H3,(H,33,40)/t16-,17+. The number of halogens is 3. The van der Waals surface area contributed by atoms with Crippen LogP contribution < -0.4 is 10.1 Å². The lowest BCUT2D eigenvalue weighted by molar-refractivity contribution is -0.131. The predicted molar refractivity (Wildman–Crippen MR) is 146 cm³/mol. The summed E-state index contributed by atoms with van der Waals surface area (Å²) in [7, 11) is 0. The Morgan fingerprint density at radius 1 is 1.20 bits per heavy atom. The third kappa shape index (κ3) is 5.46. The molecule has 2 saturated heterocycles. The number of ether oxygens (including phenoxy) is 1. The van der Waals surface area contributed by atoms with Crippen molar-refractivity contribution < 1.29 is 23.1 Å². The number of anilines is 1. The van der Waals surface area contributed by atoms with E-state index in [0.717, 1.165) is 19.6 Å². The predicted octanol–water partition coefficient (Wildman–Crippen LogP) is 3.51. The maximum atomic E-state index is 13.3. The monoisotopic (exact) mass is 584 g/mol. The average molecular weight is 585 g/mol. The van der Waals surface area contributed by atoms with Gasteiger partial charge in [0, 0.05) is 55.4 Å². The second kappa shape index (κ2) is 11.1. The quantitative estimate of drug-likeness (QED) is 0.337. The Morgan fingerprint density at radius 3 is 2.71 bits per heavy atom. The van der Waals surface area contributed by atoms with Crippen LogP contribution in [0.1, 0.15) is 17.3 Å². The van der Waals surface area contributed by atoms with Crippen LogP contribution in [0.4, 0.5) is 14.5 Å². The fourth-order valence-electron chi connectivity index (χ4n) is 5.65. The number of benzene rings is 1. The summed E-state index contributed by atoms with van der Waals surface area (Å²) in [6.07, 6.45) is 6.06. The molecule has 0 saturated carbocycles. The summed E-state index contributed by atoms with van der Waals surface area (Å²) in [5.41, 5.74) is 0.953. The normalized spacial score (nSPS) is 18.8. The highest BCUT2D eigenvalue weighted by Gasteiger charge is 2.41. The minimum absolute atomic E-state index is 0.0936. The number of carbonyl (C=O) groups is 2. The first-order valence-electron chi connectivity index (χ1n) is 13.2. The summed E-state index contributed by atoms with van der Waals surface area (Å²) in [5, 5.41) is 11.7. The fraction of sp³-hybridized carbons (Fsp3) is 0.370. The third-order valence-electron chi connectivity index (χ3n) is 7.61. The zero-order chi connectivity index (χ0) is 28.7. The van der Waals surface area contributed by atoms with E-state index in [1.54, 1.807) is 12.3 Å². The molecule has 0 radical (unpaired) electrons. The van der Waals surface area contributed by atoms with Gasteiger partial charge in [-0.15, -0.1) is 0 Å². The lowest BCUT2D eigenvalue weighted by Gasteiger charge is -2.20. The van der Waals surface area contributed by atoms with Crippen molar-refractivity contribution in [1.82, 2.24) is 34.2 Å². The van der Waals surface area contributed by atoms with Crippen LogP contribution in [0.15, 0.2) is 49.1 Å². The summed E-state index contributed by atoms with van der Waals surface area (Å²) in [6.45, 7) is 3.26. The van der Waals surface area contributed by atoms with Crippen LogP contribution in [0.3, 0.4) is 0 Å². The number of aromatic nitrogens is 5. The SMILES string of the molecule is CCN1C[C@@H]2CN(C(=O)Cn3cc(NC(=O)c4cnn5cccnc45)c(-c4cc(Cl)ccc4OC(F)F)n3)C[C@@H]2C1. The molecule has 0 bridgehead atoms. The summed E-state index contributed by atoms with van der Waals surface area (Å²) in [6, 6.07) is 5.81. The van der Waals surface area contributed by atoms with E-state index in [-0.39, 0.29) is 45.7 Å². The summed E-state index contributed by atoms with van der Waals surface area (Å²) < 4.78 is 34.0. The van der Waals surface area contributed by atoms with E-state index in [0.29, 0.717) is 30.6 Å². The second-order valence-corrected chi connectivity index (χ2v) is 10.6. The first-order chi connectivity index (χ1) is 19.8. The fourth-order valence-corrected chi connectivity index (χ4v) is 5.82. The van der Waals surface area contributed by atoms with Gasteiger partial charge in [0.25, 0.3) is 5.91 Å². The van der Waals surface area contributed by atoms with Crippen molar-refractivity contribution in [3.8, 4) is 17.0 Å². The molecule has 5 heterocycles. The highest BCUT2D eigenvalue weighted by Crippen LogP contribution is 2.37. The molecule has 14 heteroatoms. The van der Waals surface area contributed by atoms with Gasteiger partial charge in [0.15, 0.2) is 5.65 Å². The van der Waals surface area contributed by atoms with Gasteiger partial charge in [-0.3, -0.25) is 14.3 Å². The number of likely N-dealkylation sites (tertiary alicyclic amines) is 2. The summed E-state index contributed by atoms with van der Waals surface area (Å²) in [5.74, 6) is 0.0548. The molecule has 11 nitrogen and oxygen atoms in total. The van der Waals surface area contributed by atoms with Crippen LogP contribution >= 0.6 is 11.6 Å². The summed E-state index contributed by atoms with van der Waals surface area (Å²) in [4.78, 5) is 35.0. The molecule has 6 rings (SSSR count). The average Bonchev–Trinajstić information content (AvgIpc) is 3.71. The molecule has 214 valence electrons. The van der Waals surface area contributed by atoms with Crippen LogP contribution in [-0.4, -0.2) is 85.3 Å². The van der Waals surface area contributed by atoms with Crippen LogP contribution in [0, 0.1) is 11.8 Å². The number of nitrogens with one attached hydrogen (secondary N) is 1. The lowest BCUT2D eigenvalue weighted by Crippen LogP contribution is -2.35. The lowest BCUT2D eigenvalue weighted by atomic mass is 10.0. The molecular weight excluding hydrogens is 558 g/mol. The number of carbonyl (C=O) groups excluding carboxylic acids is 2. The molecule has 1 N–H and O–H groups in total. The zero-order valence-corrected chi connectivity index (χ0v) is 22.8. The van der Waals surface area contributed by atoms with Gasteiger partial charge in [-0.05, 0) is 42.6 Å². The number of hydrogen-bond acceptors (Lipinski definition) is 7. The minimum Gasteiger partial charge on any atom is -0.434 e. The van der Waals surface area contributed by atoms with Gasteiger partial charge < -0.3 is 19.9 Å². The van der Waals surface area contributed by atoms with Crippen molar-refractivity contribution in [3.05, 3.63) is 59.6 Å². The largest absolute Gasteiger partial charge is 0.434 e. The number of amides is 2. The molecular formula is C27H27ClF2N8O3. The molecule has 2 amide bonds. The van der Waals surface area contributed by atoms with E-state index in [1.165, 1.54) is 46.0 Å². The Balaban J connectivity index is 1.30. The van der Waals surface area contributed by atoms with Gasteiger partial charge in [0.2, 0.25) is 5.91 Å². The van der Waals surface area contributed by atoms with Crippen molar-refractivity contribution in [2.75, 3.05) is 38.0 Å². The van der Waals surface area contributed by atoms with Crippen molar-refractivity contribution in [1.29, 1.82) is 0 Å². The van der Waals surface area contributed by atoms with E-state index >= 15 is 0 Å². The summed E-state index contributed by atoms with van der Waals surface area (Å²) >= 11 is 6.20. The topological polar surface area (TPSA) is 110 Å². The van der Waals surface area contributed by atoms with Crippen LogP contribution in [0.5, 0.6) is 5.75 Å². The highest BCUT2D eigenvalue weighted by atomic mass is 35.5. The molecule has 41 heavy (non-hydrogen) atoms. The van der Waals surface area contributed by atoms with Crippen LogP contribution in [0.2, 0.25) is 5.02 Å². The van der Waals surface area contributed by atoms with Crippen molar-refractivity contribution in [3.63, 3.8) is 0 Å².